The van der Waals surface area contributed by atoms with Crippen LogP contribution in [0.15, 0.2) is 36.5 Å². The molecule has 0 amide bonds. The Labute approximate surface area is 167 Å². The van der Waals surface area contributed by atoms with Gasteiger partial charge in [-0.15, -0.1) is 0 Å². The molecule has 0 radical (unpaired) electrons. The van der Waals surface area contributed by atoms with Crippen molar-refractivity contribution in [3.63, 3.8) is 0 Å². The first-order valence-corrected chi connectivity index (χ1v) is 9.52. The molecule has 4 rings (SSSR count). The summed E-state index contributed by atoms with van der Waals surface area (Å²) in [4.78, 5) is 9.11. The average Bonchev–Trinajstić information content (AvgIpc) is 3.25. The number of hydrogen-bond donors (Lipinski definition) is 3. The van der Waals surface area contributed by atoms with E-state index in [1.54, 1.807) is 30.5 Å². The van der Waals surface area contributed by atoms with Crippen molar-refractivity contribution in [1.82, 2.24) is 9.97 Å². The fourth-order valence-electron chi connectivity index (χ4n) is 3.40. The second-order valence-corrected chi connectivity index (χ2v) is 6.82. The van der Waals surface area contributed by atoms with Gasteiger partial charge in [0.25, 0.3) is 0 Å². The second kappa shape index (κ2) is 8.59. The SMILES string of the molecule is COc1cccc(-c2cc3cnc(NC4CCOC4)cc3c(NCCO)n2)c1F. The molecular formula is C21H23FN4O3. The van der Waals surface area contributed by atoms with E-state index >= 15 is 0 Å². The molecule has 152 valence electrons. The summed E-state index contributed by atoms with van der Waals surface area (Å²) < 4.78 is 25.3. The fourth-order valence-corrected chi connectivity index (χ4v) is 3.40. The van der Waals surface area contributed by atoms with Crippen LogP contribution in [0.25, 0.3) is 22.0 Å². The first-order valence-electron chi connectivity index (χ1n) is 9.52. The maximum atomic E-state index is 14.8. The Balaban J connectivity index is 1.77. The third-order valence-corrected chi connectivity index (χ3v) is 4.86. The number of aliphatic hydroxyl groups is 1. The number of pyridine rings is 2. The van der Waals surface area contributed by atoms with Crippen LogP contribution in [0, 0.1) is 5.82 Å². The molecule has 29 heavy (non-hydrogen) atoms. The van der Waals surface area contributed by atoms with E-state index in [1.165, 1.54) is 7.11 Å². The predicted molar refractivity (Wildman–Crippen MR) is 110 cm³/mol. The molecule has 1 fully saturated rings. The van der Waals surface area contributed by atoms with Crippen LogP contribution in [0.1, 0.15) is 6.42 Å². The third-order valence-electron chi connectivity index (χ3n) is 4.86. The van der Waals surface area contributed by atoms with Gasteiger partial charge in [0.1, 0.15) is 11.6 Å². The highest BCUT2D eigenvalue weighted by atomic mass is 19.1. The minimum absolute atomic E-state index is 0.0451. The van der Waals surface area contributed by atoms with E-state index < -0.39 is 5.82 Å². The van der Waals surface area contributed by atoms with Gasteiger partial charge in [0.15, 0.2) is 11.6 Å². The Morgan fingerprint density at radius 2 is 2.24 bits per heavy atom. The zero-order valence-electron chi connectivity index (χ0n) is 16.1. The Bertz CT molecular complexity index is 1010. The topological polar surface area (TPSA) is 88.5 Å². The van der Waals surface area contributed by atoms with Crippen LogP contribution in [0.4, 0.5) is 16.0 Å². The number of rotatable bonds is 7. The van der Waals surface area contributed by atoms with E-state index in [-0.39, 0.29) is 18.4 Å². The number of hydrogen-bond acceptors (Lipinski definition) is 7. The lowest BCUT2D eigenvalue weighted by Gasteiger charge is -2.15. The van der Waals surface area contributed by atoms with Crippen molar-refractivity contribution in [3.05, 3.63) is 42.3 Å². The number of ether oxygens (including phenoxy) is 2. The molecule has 1 unspecified atom stereocenters. The van der Waals surface area contributed by atoms with Crippen LogP contribution in [0.2, 0.25) is 0 Å². The Kier molecular flexibility index (Phi) is 5.73. The van der Waals surface area contributed by atoms with Crippen molar-refractivity contribution in [2.45, 2.75) is 12.5 Å². The minimum atomic E-state index is -0.470. The molecule has 0 saturated carbocycles. The molecule has 8 heteroatoms. The Hall–Kier alpha value is -2.97. The molecule has 3 heterocycles. The van der Waals surface area contributed by atoms with Gasteiger partial charge < -0.3 is 25.2 Å². The fraction of sp³-hybridized carbons (Fsp3) is 0.333. The monoisotopic (exact) mass is 398 g/mol. The van der Waals surface area contributed by atoms with Gasteiger partial charge in [0, 0.05) is 35.7 Å². The summed E-state index contributed by atoms with van der Waals surface area (Å²) >= 11 is 0. The van der Waals surface area contributed by atoms with Crippen LogP contribution >= 0.6 is 0 Å². The Morgan fingerprint density at radius 1 is 1.34 bits per heavy atom. The van der Waals surface area contributed by atoms with Crippen LogP contribution in [-0.2, 0) is 4.74 Å². The zero-order valence-corrected chi connectivity index (χ0v) is 16.1. The number of aliphatic hydroxyl groups excluding tert-OH is 1. The number of methoxy groups -OCH3 is 1. The van der Waals surface area contributed by atoms with Gasteiger partial charge in [-0.1, -0.05) is 6.07 Å². The van der Waals surface area contributed by atoms with Crippen molar-refractivity contribution >= 4 is 22.4 Å². The van der Waals surface area contributed by atoms with E-state index in [0.29, 0.717) is 30.2 Å². The standard InChI is InChI=1S/C21H23FN4O3/c1-28-18-4-2-3-15(20(18)22)17-9-13-11-24-19(25-14-5-8-29-12-14)10-16(13)21(26-17)23-6-7-27/h2-4,9-11,14,27H,5-8,12H2,1H3,(H,23,26)(H,24,25). The Morgan fingerprint density at radius 3 is 3.00 bits per heavy atom. The number of nitrogens with one attached hydrogen (secondary N) is 2. The number of fused-ring (bicyclic) bond motifs is 1. The lowest BCUT2D eigenvalue weighted by Crippen LogP contribution is -2.19. The number of halogens is 1. The molecule has 3 aromatic rings. The van der Waals surface area contributed by atoms with Crippen LogP contribution < -0.4 is 15.4 Å². The van der Waals surface area contributed by atoms with Gasteiger partial charge in [-0.2, -0.15) is 0 Å². The van der Waals surface area contributed by atoms with Crippen LogP contribution in [0.5, 0.6) is 5.75 Å². The molecule has 1 saturated heterocycles. The molecule has 1 aliphatic rings. The lowest BCUT2D eigenvalue weighted by molar-refractivity contribution is 0.195. The van der Waals surface area contributed by atoms with E-state index in [9.17, 15) is 9.50 Å². The van der Waals surface area contributed by atoms with E-state index in [4.69, 9.17) is 9.47 Å². The highest BCUT2D eigenvalue weighted by Crippen LogP contribution is 2.33. The van der Waals surface area contributed by atoms with Gasteiger partial charge in [-0.05, 0) is 30.7 Å². The summed E-state index contributed by atoms with van der Waals surface area (Å²) in [5.41, 5.74) is 0.796. The maximum Gasteiger partial charge on any atom is 0.174 e. The van der Waals surface area contributed by atoms with Crippen molar-refractivity contribution in [2.24, 2.45) is 0 Å². The maximum absolute atomic E-state index is 14.8. The summed E-state index contributed by atoms with van der Waals surface area (Å²) in [7, 11) is 1.43. The number of nitrogens with zero attached hydrogens (tertiary/aromatic N) is 2. The second-order valence-electron chi connectivity index (χ2n) is 6.82. The molecule has 0 spiro atoms. The van der Waals surface area contributed by atoms with Crippen molar-refractivity contribution in [1.29, 1.82) is 0 Å². The molecule has 1 aliphatic heterocycles. The van der Waals surface area contributed by atoms with Gasteiger partial charge >= 0.3 is 0 Å². The zero-order chi connectivity index (χ0) is 20.2. The number of benzene rings is 1. The van der Waals surface area contributed by atoms with Crippen molar-refractivity contribution in [2.75, 3.05) is 44.1 Å². The first kappa shape index (κ1) is 19.4. The molecule has 1 aromatic carbocycles. The molecule has 1 atom stereocenters. The van der Waals surface area contributed by atoms with E-state index in [0.717, 1.165) is 29.6 Å². The quantitative estimate of drug-likeness (QED) is 0.564. The minimum Gasteiger partial charge on any atom is -0.494 e. The summed E-state index contributed by atoms with van der Waals surface area (Å²) in [6, 6.07) is 8.88. The lowest BCUT2D eigenvalue weighted by atomic mass is 10.1. The van der Waals surface area contributed by atoms with Crippen molar-refractivity contribution in [3.8, 4) is 17.0 Å². The van der Waals surface area contributed by atoms with Crippen LogP contribution in [0.3, 0.4) is 0 Å². The van der Waals surface area contributed by atoms with E-state index in [1.807, 2.05) is 6.07 Å². The summed E-state index contributed by atoms with van der Waals surface area (Å²) in [6.45, 7) is 1.68. The summed E-state index contributed by atoms with van der Waals surface area (Å²) in [5, 5.41) is 17.4. The van der Waals surface area contributed by atoms with E-state index in [2.05, 4.69) is 20.6 Å². The van der Waals surface area contributed by atoms with Gasteiger partial charge in [0.05, 0.1) is 32.1 Å². The summed E-state index contributed by atoms with van der Waals surface area (Å²) in [5.74, 6) is 0.970. The molecular weight excluding hydrogens is 375 g/mol. The highest BCUT2D eigenvalue weighted by Gasteiger charge is 2.18. The van der Waals surface area contributed by atoms with Crippen LogP contribution in [-0.4, -0.2) is 54.6 Å². The molecule has 0 bridgehead atoms. The van der Waals surface area contributed by atoms with Gasteiger partial charge in [-0.25, -0.2) is 14.4 Å². The number of aromatic nitrogens is 2. The molecule has 7 nitrogen and oxygen atoms in total. The third kappa shape index (κ3) is 4.08. The average molecular weight is 398 g/mol. The largest absolute Gasteiger partial charge is 0.494 e. The van der Waals surface area contributed by atoms with Crippen molar-refractivity contribution < 1.29 is 19.0 Å². The number of anilines is 2. The normalized spacial score (nSPS) is 16.2. The van der Waals surface area contributed by atoms with Gasteiger partial charge in [-0.3, -0.25) is 0 Å². The molecule has 2 aromatic heterocycles. The van der Waals surface area contributed by atoms with Gasteiger partial charge in [0.2, 0.25) is 0 Å². The summed E-state index contributed by atoms with van der Waals surface area (Å²) in [6.07, 6.45) is 2.67. The molecule has 3 N–H and O–H groups in total. The smallest absolute Gasteiger partial charge is 0.174 e. The highest BCUT2D eigenvalue weighted by molar-refractivity contribution is 5.95. The first-order chi connectivity index (χ1) is 14.2. The molecule has 0 aliphatic carbocycles. The predicted octanol–water partition coefficient (Wildman–Crippen LogP) is 3.05.